The van der Waals surface area contributed by atoms with Crippen molar-refractivity contribution in [3.05, 3.63) is 11.6 Å². The van der Waals surface area contributed by atoms with E-state index in [0.717, 1.165) is 60.7 Å². The van der Waals surface area contributed by atoms with Gasteiger partial charge in [-0.25, -0.2) is 0 Å². The van der Waals surface area contributed by atoms with Crippen LogP contribution < -0.4 is 5.32 Å². The minimum absolute atomic E-state index is 0.00933. The van der Waals surface area contributed by atoms with E-state index in [4.69, 9.17) is 4.74 Å². The van der Waals surface area contributed by atoms with Crippen LogP contribution in [0.4, 0.5) is 0 Å². The highest BCUT2D eigenvalue weighted by atomic mass is 16.5. The van der Waals surface area contributed by atoms with Crippen LogP contribution in [0, 0.1) is 52.3 Å². The molecule has 1 unspecified atom stereocenters. The highest BCUT2D eigenvalue weighted by Crippen LogP contribution is 2.67. The Balaban J connectivity index is 1.37. The van der Waals surface area contributed by atoms with Crippen molar-refractivity contribution in [3.8, 4) is 0 Å². The van der Waals surface area contributed by atoms with Crippen LogP contribution in [0.5, 0.6) is 0 Å². The van der Waals surface area contributed by atoms with Gasteiger partial charge in [0, 0.05) is 13.0 Å². The Morgan fingerprint density at radius 3 is 2.53 bits per heavy atom. The van der Waals surface area contributed by atoms with E-state index in [1.165, 1.54) is 51.4 Å². The van der Waals surface area contributed by atoms with Crippen LogP contribution in [0.3, 0.4) is 0 Å². The quantitative estimate of drug-likeness (QED) is 0.214. The molecule has 0 aromatic heterocycles. The summed E-state index contributed by atoms with van der Waals surface area (Å²) in [5.41, 5.74) is 2.38. The molecule has 0 bridgehead atoms. The minimum Gasteiger partial charge on any atom is -0.461 e. The first-order valence-electron chi connectivity index (χ1n) is 16.3. The van der Waals surface area contributed by atoms with Gasteiger partial charge in [-0.1, -0.05) is 66.0 Å². The first-order chi connectivity index (χ1) is 18.0. The number of hydrogen-bond donors (Lipinski definition) is 2. The van der Waals surface area contributed by atoms with Gasteiger partial charge in [0.15, 0.2) is 0 Å². The second kappa shape index (κ2) is 12.3. The Labute approximate surface area is 234 Å². The average molecular weight is 530 g/mol. The lowest BCUT2D eigenvalue weighted by Gasteiger charge is -2.58. The third kappa shape index (κ3) is 6.07. The van der Waals surface area contributed by atoms with Crippen molar-refractivity contribution in [2.75, 3.05) is 13.1 Å². The summed E-state index contributed by atoms with van der Waals surface area (Å²) in [6.07, 6.45) is 16.2. The first kappa shape index (κ1) is 30.1. The SMILES string of the molecule is CC[C@H](CC[C@@H](C)[C@H]1CC[C@H]2[C@@H]3CC=C4C[C@@H](OC(=O)CNCC(C)O)CC[C@]4(C)[C@H]3CC[C@]12C)C(C)C. The maximum Gasteiger partial charge on any atom is 0.320 e. The first-order valence-corrected chi connectivity index (χ1v) is 16.3. The molecule has 4 rings (SSSR count). The molecule has 0 amide bonds. The summed E-state index contributed by atoms with van der Waals surface area (Å²) >= 11 is 0. The lowest BCUT2D eigenvalue weighted by molar-refractivity contribution is -0.150. The molecule has 0 heterocycles. The highest BCUT2D eigenvalue weighted by Gasteiger charge is 2.59. The number of allylic oxidation sites excluding steroid dienone is 1. The van der Waals surface area contributed by atoms with Crippen molar-refractivity contribution in [1.29, 1.82) is 0 Å². The Kier molecular flexibility index (Phi) is 9.77. The average Bonchev–Trinajstić information content (AvgIpc) is 3.21. The normalized spacial score (nSPS) is 39.0. The monoisotopic (exact) mass is 529 g/mol. The molecule has 38 heavy (non-hydrogen) atoms. The molecule has 3 saturated carbocycles. The van der Waals surface area contributed by atoms with E-state index in [-0.39, 0.29) is 24.0 Å². The third-order valence-electron chi connectivity index (χ3n) is 12.3. The van der Waals surface area contributed by atoms with Crippen molar-refractivity contribution in [2.24, 2.45) is 52.3 Å². The van der Waals surface area contributed by atoms with E-state index in [1.54, 1.807) is 12.5 Å². The Morgan fingerprint density at radius 2 is 1.84 bits per heavy atom. The predicted octanol–water partition coefficient (Wildman–Crippen LogP) is 7.55. The van der Waals surface area contributed by atoms with Gasteiger partial charge in [-0.3, -0.25) is 4.79 Å². The van der Waals surface area contributed by atoms with Crippen LogP contribution in [-0.2, 0) is 9.53 Å². The molecule has 0 spiro atoms. The molecule has 0 aliphatic heterocycles. The Morgan fingerprint density at radius 1 is 1.08 bits per heavy atom. The largest absolute Gasteiger partial charge is 0.461 e. The smallest absolute Gasteiger partial charge is 0.320 e. The molecule has 0 aromatic rings. The van der Waals surface area contributed by atoms with Crippen molar-refractivity contribution < 1.29 is 14.6 Å². The number of aliphatic hydroxyl groups is 1. The summed E-state index contributed by atoms with van der Waals surface area (Å²) < 4.78 is 5.87. The maximum absolute atomic E-state index is 12.4. The van der Waals surface area contributed by atoms with Gasteiger partial charge in [0.25, 0.3) is 0 Å². The fourth-order valence-electron chi connectivity index (χ4n) is 10.0. The number of nitrogens with one attached hydrogen (secondary N) is 1. The van der Waals surface area contributed by atoms with Crippen LogP contribution in [0.25, 0.3) is 0 Å². The second-order valence-electron chi connectivity index (χ2n) is 14.8. The van der Waals surface area contributed by atoms with E-state index in [0.29, 0.717) is 12.0 Å². The van der Waals surface area contributed by atoms with Gasteiger partial charge in [0.2, 0.25) is 0 Å². The maximum atomic E-state index is 12.4. The number of fused-ring (bicyclic) bond motifs is 5. The number of aliphatic hydroxyl groups excluding tert-OH is 1. The van der Waals surface area contributed by atoms with Crippen LogP contribution in [0.2, 0.25) is 0 Å². The fraction of sp³-hybridized carbons (Fsp3) is 0.912. The molecule has 4 nitrogen and oxygen atoms in total. The molecule has 10 atom stereocenters. The van der Waals surface area contributed by atoms with Gasteiger partial charge in [-0.05, 0) is 111 Å². The van der Waals surface area contributed by atoms with Crippen LogP contribution in [0.1, 0.15) is 119 Å². The van der Waals surface area contributed by atoms with Crippen LogP contribution >= 0.6 is 0 Å². The van der Waals surface area contributed by atoms with Crippen molar-refractivity contribution >= 4 is 5.97 Å². The van der Waals surface area contributed by atoms with E-state index in [2.05, 4.69) is 52.9 Å². The number of carbonyl (C=O) groups is 1. The predicted molar refractivity (Wildman–Crippen MR) is 157 cm³/mol. The van der Waals surface area contributed by atoms with E-state index >= 15 is 0 Å². The molecule has 2 N–H and O–H groups in total. The molecular formula is C34H59NO3. The summed E-state index contributed by atoms with van der Waals surface area (Å²) in [6.45, 7) is 17.3. The number of carbonyl (C=O) groups excluding carboxylic acids is 1. The number of esters is 1. The lowest BCUT2D eigenvalue weighted by Crippen LogP contribution is -2.51. The molecule has 218 valence electrons. The topological polar surface area (TPSA) is 58.6 Å². The standard InChI is InChI=1S/C34H59NO3/c1-8-25(22(2)3)10-9-23(4)29-13-14-30-28-12-11-26-19-27(38-32(37)21-35-20-24(5)36)15-17-33(26,6)31(28)16-18-34(29,30)7/h11,22-25,27-31,35-36H,8-10,12-21H2,1-7H3/t23-,24?,25-,27+,28+,29-,30+,31+,33+,34-/m1/s1. The zero-order chi connectivity index (χ0) is 27.7. The number of ether oxygens (including phenoxy) is 1. The van der Waals surface area contributed by atoms with Gasteiger partial charge >= 0.3 is 5.97 Å². The van der Waals surface area contributed by atoms with Gasteiger partial charge in [0.05, 0.1) is 12.6 Å². The number of hydrogen-bond acceptors (Lipinski definition) is 4. The number of rotatable bonds is 11. The molecule has 0 radical (unpaired) electrons. The van der Waals surface area contributed by atoms with Crippen LogP contribution in [-0.4, -0.2) is 36.4 Å². The zero-order valence-electron chi connectivity index (χ0n) is 25.7. The molecule has 0 saturated heterocycles. The Hall–Kier alpha value is -0.870. The molecule has 4 aliphatic rings. The summed E-state index contributed by atoms with van der Waals surface area (Å²) in [5, 5.41) is 12.4. The summed E-state index contributed by atoms with van der Waals surface area (Å²) in [6, 6.07) is 0. The van der Waals surface area contributed by atoms with E-state index in [9.17, 15) is 9.90 Å². The zero-order valence-corrected chi connectivity index (χ0v) is 25.7. The summed E-state index contributed by atoms with van der Waals surface area (Å²) in [7, 11) is 0. The van der Waals surface area contributed by atoms with Crippen molar-refractivity contribution in [3.63, 3.8) is 0 Å². The molecule has 4 aliphatic carbocycles. The van der Waals surface area contributed by atoms with E-state index < -0.39 is 6.10 Å². The van der Waals surface area contributed by atoms with Gasteiger partial charge in [0.1, 0.15) is 6.10 Å². The van der Waals surface area contributed by atoms with Crippen molar-refractivity contribution in [1.82, 2.24) is 5.32 Å². The van der Waals surface area contributed by atoms with Gasteiger partial charge in [-0.2, -0.15) is 0 Å². The summed E-state index contributed by atoms with van der Waals surface area (Å²) in [5.74, 6) is 5.76. The van der Waals surface area contributed by atoms with E-state index in [1.807, 2.05) is 0 Å². The molecular weight excluding hydrogens is 470 g/mol. The van der Waals surface area contributed by atoms with Gasteiger partial charge in [-0.15, -0.1) is 0 Å². The minimum atomic E-state index is -0.451. The third-order valence-corrected chi connectivity index (χ3v) is 12.3. The molecule has 0 aromatic carbocycles. The van der Waals surface area contributed by atoms with Crippen LogP contribution in [0.15, 0.2) is 11.6 Å². The van der Waals surface area contributed by atoms with Crippen molar-refractivity contribution in [2.45, 2.75) is 131 Å². The molecule has 3 fully saturated rings. The Bertz CT molecular complexity index is 836. The lowest BCUT2D eigenvalue weighted by atomic mass is 9.47. The highest BCUT2D eigenvalue weighted by molar-refractivity contribution is 5.71. The fourth-order valence-corrected chi connectivity index (χ4v) is 10.0. The van der Waals surface area contributed by atoms with Gasteiger partial charge < -0.3 is 15.2 Å². The second-order valence-corrected chi connectivity index (χ2v) is 14.8. The summed E-state index contributed by atoms with van der Waals surface area (Å²) in [4.78, 5) is 12.4. The molecule has 4 heteroatoms.